The van der Waals surface area contributed by atoms with Crippen molar-refractivity contribution in [3.8, 4) is 0 Å². The molecular weight excluding hydrogens is 247 g/mol. The Bertz CT molecular complexity index is 231. The van der Waals surface area contributed by atoms with E-state index in [9.17, 15) is 0 Å². The Labute approximate surface area is 107 Å². The van der Waals surface area contributed by atoms with E-state index in [-0.39, 0.29) is 17.1 Å². The van der Waals surface area contributed by atoms with Crippen molar-refractivity contribution in [2.75, 3.05) is 0 Å². The van der Waals surface area contributed by atoms with Gasteiger partial charge in [-0.15, -0.1) is 0 Å². The predicted molar refractivity (Wildman–Crippen MR) is 49.5 cm³/mol. The van der Waals surface area contributed by atoms with Gasteiger partial charge in [0.05, 0.1) is 0 Å². The fraction of sp³-hybridized carbons (Fsp3) is 0. The standard InChI is InChI=1S/C9H7.3CO.Mn/c1-2-5-9-7-3-6-8(9)4-1;3*1-2;/h1-7H;;;;. The van der Waals surface area contributed by atoms with Crippen LogP contribution in [-0.2, 0) is 31.0 Å². The van der Waals surface area contributed by atoms with Gasteiger partial charge in [0.25, 0.3) is 0 Å². The van der Waals surface area contributed by atoms with E-state index in [1.807, 2.05) is 0 Å². The molecule has 0 atom stereocenters. The van der Waals surface area contributed by atoms with Crippen LogP contribution in [-0.4, -0.2) is 0 Å². The molecule has 0 amide bonds. The molecule has 3 nitrogen and oxygen atoms in total. The molecule has 80 valence electrons. The molecule has 1 fully saturated rings. The van der Waals surface area contributed by atoms with Gasteiger partial charge in [-0.3, -0.25) is 0 Å². The second-order valence-corrected chi connectivity index (χ2v) is 2.15. The molecule has 4 heteroatoms. The van der Waals surface area contributed by atoms with Gasteiger partial charge in [0.15, 0.2) is 0 Å². The smallest absolute Gasteiger partial charge is 0.0124 e. The van der Waals surface area contributed by atoms with Crippen LogP contribution in [0.3, 0.4) is 0 Å². The van der Waals surface area contributed by atoms with Gasteiger partial charge in [-0.05, 0) is 19.3 Å². The van der Waals surface area contributed by atoms with E-state index < -0.39 is 0 Å². The molecule has 0 aliphatic heterocycles. The Hall–Kier alpha value is -0.781. The normalized spacial score (nSPS) is 15.6. The number of rotatable bonds is 0. The summed E-state index contributed by atoms with van der Waals surface area (Å²) in [4.78, 5) is 0. The minimum Gasteiger partial charge on any atom is -0.0762 e. The maximum atomic E-state index is 7.50. The largest absolute Gasteiger partial charge is 0.0762 e. The first-order valence-corrected chi connectivity index (χ1v) is 3.68. The van der Waals surface area contributed by atoms with Gasteiger partial charge >= 0.3 is 33.9 Å². The zero-order valence-corrected chi connectivity index (χ0v) is 9.32. The summed E-state index contributed by atoms with van der Waals surface area (Å²) < 4.78 is 22.5. The van der Waals surface area contributed by atoms with Crippen molar-refractivity contribution in [3.05, 3.63) is 75.4 Å². The SMILES string of the molecule is [C-]#[O+].[C-]#[O+].[C-]#[O+].[CH]1[CH][C]2C=CC=C[C]2[CH]1.[Mn]. The van der Waals surface area contributed by atoms with Crippen LogP contribution in [0.25, 0.3) is 0 Å². The summed E-state index contributed by atoms with van der Waals surface area (Å²) in [6.45, 7) is 13.5. The zero-order chi connectivity index (χ0) is 12.1. The third-order valence-corrected chi connectivity index (χ3v) is 1.55. The molecule has 0 saturated heterocycles. The monoisotopic (exact) mass is 254 g/mol. The molecule has 0 unspecified atom stereocenters. The maximum Gasteiger partial charge on any atom is 0.0124 e. The van der Waals surface area contributed by atoms with Crippen molar-refractivity contribution in [2.45, 2.75) is 0 Å². The molecular formula is C12H7MnO3. The second-order valence-electron chi connectivity index (χ2n) is 2.15. The molecule has 0 bridgehead atoms. The quantitative estimate of drug-likeness (QED) is 0.359. The number of hydrogen-bond donors (Lipinski definition) is 0. The van der Waals surface area contributed by atoms with Crippen LogP contribution >= 0.6 is 0 Å². The third kappa shape index (κ3) is 7.50. The van der Waals surface area contributed by atoms with E-state index in [0.717, 1.165) is 0 Å². The van der Waals surface area contributed by atoms with Crippen LogP contribution in [0.1, 0.15) is 0 Å². The van der Waals surface area contributed by atoms with Gasteiger partial charge < -0.3 is 0 Å². The molecule has 0 aromatic heterocycles. The minimum absolute atomic E-state index is 0. The summed E-state index contributed by atoms with van der Waals surface area (Å²) in [5.74, 6) is 2.66. The Morgan fingerprint density at radius 3 is 1.31 bits per heavy atom. The molecule has 0 heterocycles. The molecule has 0 spiro atoms. The molecule has 0 aromatic carbocycles. The molecule has 2 rings (SSSR count). The van der Waals surface area contributed by atoms with Crippen molar-refractivity contribution >= 4 is 0 Å². The van der Waals surface area contributed by atoms with Crippen LogP contribution in [0, 0.1) is 51.0 Å². The molecule has 6 radical (unpaired) electrons. The van der Waals surface area contributed by atoms with Gasteiger partial charge in [0.2, 0.25) is 0 Å². The number of fused-ring (bicyclic) bond motifs is 1. The maximum absolute atomic E-state index is 7.50. The van der Waals surface area contributed by atoms with E-state index >= 15 is 0 Å². The van der Waals surface area contributed by atoms with Crippen LogP contribution in [0.2, 0.25) is 0 Å². The Morgan fingerprint density at radius 2 is 1.00 bits per heavy atom. The summed E-state index contributed by atoms with van der Waals surface area (Å²) >= 11 is 0. The first-order chi connectivity index (χ1) is 7.47. The third-order valence-electron chi connectivity index (χ3n) is 1.55. The Morgan fingerprint density at radius 1 is 0.688 bits per heavy atom. The van der Waals surface area contributed by atoms with Gasteiger partial charge in [0, 0.05) is 28.9 Å². The van der Waals surface area contributed by atoms with Crippen LogP contribution in [0.5, 0.6) is 0 Å². The van der Waals surface area contributed by atoms with Gasteiger partial charge in [-0.2, -0.15) is 0 Å². The molecule has 2 aliphatic carbocycles. The Balaban J connectivity index is -0.000000214. The van der Waals surface area contributed by atoms with Crippen LogP contribution in [0.15, 0.2) is 24.3 Å². The fourth-order valence-electron chi connectivity index (χ4n) is 1.07. The molecule has 0 aromatic rings. The van der Waals surface area contributed by atoms with Crippen molar-refractivity contribution in [3.63, 3.8) is 0 Å². The van der Waals surface area contributed by atoms with E-state index in [1.54, 1.807) is 0 Å². The topological polar surface area (TPSA) is 59.7 Å². The van der Waals surface area contributed by atoms with Crippen molar-refractivity contribution < 1.29 is 31.0 Å². The van der Waals surface area contributed by atoms with Gasteiger partial charge in [-0.1, -0.05) is 24.3 Å². The van der Waals surface area contributed by atoms with Crippen molar-refractivity contribution in [1.29, 1.82) is 0 Å². The first-order valence-electron chi connectivity index (χ1n) is 3.68. The number of allylic oxidation sites excluding steroid dienone is 4. The molecule has 16 heavy (non-hydrogen) atoms. The first kappa shape index (κ1) is 20.6. The van der Waals surface area contributed by atoms with E-state index in [2.05, 4.69) is 63.5 Å². The van der Waals surface area contributed by atoms with Gasteiger partial charge in [0.1, 0.15) is 0 Å². The van der Waals surface area contributed by atoms with Crippen molar-refractivity contribution in [2.24, 2.45) is 0 Å². The summed E-state index contributed by atoms with van der Waals surface area (Å²) in [6.07, 6.45) is 14.7. The minimum atomic E-state index is 0. The summed E-state index contributed by atoms with van der Waals surface area (Å²) in [6, 6.07) is 0. The predicted octanol–water partition coefficient (Wildman–Crippen LogP) is 1.77. The Kier molecular flexibility index (Phi) is 21.4. The van der Waals surface area contributed by atoms with Gasteiger partial charge in [-0.25, -0.2) is 0 Å². The van der Waals surface area contributed by atoms with Crippen molar-refractivity contribution in [1.82, 2.24) is 0 Å². The van der Waals surface area contributed by atoms with E-state index in [0.29, 0.717) is 0 Å². The molecule has 0 N–H and O–H groups in total. The van der Waals surface area contributed by atoms with E-state index in [1.165, 1.54) is 11.8 Å². The zero-order valence-electron chi connectivity index (χ0n) is 8.14. The summed E-state index contributed by atoms with van der Waals surface area (Å²) in [5, 5.41) is 0. The molecule has 2 aliphatic rings. The number of hydrogen-bond acceptors (Lipinski definition) is 0. The summed E-state index contributed by atoms with van der Waals surface area (Å²) in [5.41, 5.74) is 0. The van der Waals surface area contributed by atoms with Crippen LogP contribution < -0.4 is 0 Å². The molecule has 1 saturated carbocycles. The fourth-order valence-corrected chi connectivity index (χ4v) is 1.07. The summed E-state index contributed by atoms with van der Waals surface area (Å²) in [7, 11) is 0. The van der Waals surface area contributed by atoms with Crippen LogP contribution in [0.4, 0.5) is 0 Å². The average Bonchev–Trinajstić information content (AvgIpc) is 2.85. The second kappa shape index (κ2) is 16.6. The average molecular weight is 254 g/mol. The van der Waals surface area contributed by atoms with E-state index in [4.69, 9.17) is 14.0 Å².